The average Bonchev–Trinajstić information content (AvgIpc) is 3.04. The molecule has 0 radical (unpaired) electrons. The van der Waals surface area contributed by atoms with Crippen LogP contribution in [0.1, 0.15) is 41.8 Å². The standard InChI is InChI=1S/C28H27N3/c1-19-6-4-10-27(31-19)28-26(9-2-3-15-30-28)23-14-12-20-11-13-22(16-24(20)17-23)21-7-5-8-25(29)18-21/h2-4,6-7,9-17,25,30H,5,8,18,29H2,1H3. The zero-order chi connectivity index (χ0) is 21.2. The Labute approximate surface area is 183 Å². The van der Waals surface area contributed by atoms with Crippen molar-refractivity contribution in [1.82, 2.24) is 10.3 Å². The molecule has 1 unspecified atom stereocenters. The lowest BCUT2D eigenvalue weighted by molar-refractivity contribution is 0.616. The first-order valence-electron chi connectivity index (χ1n) is 10.9. The van der Waals surface area contributed by atoms with Gasteiger partial charge in [-0.15, -0.1) is 0 Å². The number of nitrogens with zero attached hydrogens (tertiary/aromatic N) is 1. The number of rotatable bonds is 3. The first-order chi connectivity index (χ1) is 15.2. The molecule has 3 heteroatoms. The molecule has 0 saturated carbocycles. The molecule has 3 N–H and O–H groups in total. The van der Waals surface area contributed by atoms with Crippen LogP contribution in [0.25, 0.3) is 27.6 Å². The fourth-order valence-electron chi connectivity index (χ4n) is 4.42. The molecule has 2 aromatic carbocycles. The molecular formula is C28H27N3. The second kappa shape index (κ2) is 8.37. The normalized spacial score (nSPS) is 18.6. The second-order valence-electron chi connectivity index (χ2n) is 8.36. The largest absolute Gasteiger partial charge is 0.359 e. The van der Waals surface area contributed by atoms with Gasteiger partial charge in [-0.05, 0) is 84.0 Å². The topological polar surface area (TPSA) is 50.9 Å². The third-order valence-corrected chi connectivity index (χ3v) is 6.04. The zero-order valence-electron chi connectivity index (χ0n) is 17.8. The molecule has 1 aromatic heterocycles. The van der Waals surface area contributed by atoms with Gasteiger partial charge in [-0.2, -0.15) is 0 Å². The van der Waals surface area contributed by atoms with E-state index >= 15 is 0 Å². The van der Waals surface area contributed by atoms with Crippen LogP contribution in [-0.4, -0.2) is 11.0 Å². The van der Waals surface area contributed by atoms with E-state index in [1.54, 1.807) is 0 Å². The Morgan fingerprint density at radius 1 is 0.968 bits per heavy atom. The van der Waals surface area contributed by atoms with Crippen molar-refractivity contribution in [2.75, 3.05) is 0 Å². The summed E-state index contributed by atoms with van der Waals surface area (Å²) < 4.78 is 0. The van der Waals surface area contributed by atoms with E-state index in [1.807, 2.05) is 25.3 Å². The second-order valence-corrected chi connectivity index (χ2v) is 8.36. The van der Waals surface area contributed by atoms with Crippen LogP contribution in [0, 0.1) is 6.92 Å². The van der Waals surface area contributed by atoms with Gasteiger partial charge >= 0.3 is 0 Å². The molecule has 0 fully saturated rings. The minimum atomic E-state index is 0.270. The van der Waals surface area contributed by atoms with E-state index in [4.69, 9.17) is 10.7 Å². The predicted octanol–water partition coefficient (Wildman–Crippen LogP) is 5.98. The van der Waals surface area contributed by atoms with E-state index in [0.29, 0.717) is 0 Å². The molecule has 5 rings (SSSR count). The average molecular weight is 406 g/mol. The van der Waals surface area contributed by atoms with E-state index in [1.165, 1.54) is 27.5 Å². The maximum absolute atomic E-state index is 6.22. The van der Waals surface area contributed by atoms with Crippen LogP contribution in [0.3, 0.4) is 0 Å². The molecule has 1 aliphatic heterocycles. The van der Waals surface area contributed by atoms with Crippen LogP contribution in [-0.2, 0) is 0 Å². The van der Waals surface area contributed by atoms with Crippen LogP contribution >= 0.6 is 0 Å². The highest BCUT2D eigenvalue weighted by atomic mass is 14.9. The molecule has 31 heavy (non-hydrogen) atoms. The molecule has 2 aliphatic rings. The van der Waals surface area contributed by atoms with Crippen LogP contribution in [0.15, 0.2) is 85.1 Å². The molecule has 2 heterocycles. The minimum Gasteiger partial charge on any atom is -0.359 e. The van der Waals surface area contributed by atoms with Crippen molar-refractivity contribution < 1.29 is 0 Å². The number of aryl methyl sites for hydroxylation is 1. The van der Waals surface area contributed by atoms with Gasteiger partial charge in [0.1, 0.15) is 0 Å². The van der Waals surface area contributed by atoms with E-state index in [-0.39, 0.29) is 6.04 Å². The quantitative estimate of drug-likeness (QED) is 0.564. The summed E-state index contributed by atoms with van der Waals surface area (Å²) in [6, 6.07) is 19.8. The summed E-state index contributed by atoms with van der Waals surface area (Å²) in [6.07, 6.45) is 13.7. The van der Waals surface area contributed by atoms with Gasteiger partial charge < -0.3 is 11.1 Å². The van der Waals surface area contributed by atoms with E-state index in [2.05, 4.69) is 72.1 Å². The number of pyridine rings is 1. The summed E-state index contributed by atoms with van der Waals surface area (Å²) in [6.45, 7) is 2.02. The summed E-state index contributed by atoms with van der Waals surface area (Å²) in [4.78, 5) is 4.75. The number of hydrogen-bond donors (Lipinski definition) is 2. The molecule has 0 amide bonds. The fraction of sp³-hybridized carbons (Fsp3) is 0.179. The van der Waals surface area contributed by atoms with Crippen molar-refractivity contribution in [3.63, 3.8) is 0 Å². The number of aromatic nitrogens is 1. The summed E-state index contributed by atoms with van der Waals surface area (Å²) >= 11 is 0. The first kappa shape index (κ1) is 19.5. The highest BCUT2D eigenvalue weighted by molar-refractivity contribution is 5.98. The maximum atomic E-state index is 6.22. The number of nitrogens with two attached hydrogens (primary N) is 1. The highest BCUT2D eigenvalue weighted by Gasteiger charge is 2.15. The van der Waals surface area contributed by atoms with Gasteiger partial charge in [0.25, 0.3) is 0 Å². The monoisotopic (exact) mass is 405 g/mol. The van der Waals surface area contributed by atoms with Crippen molar-refractivity contribution >= 4 is 27.6 Å². The lowest BCUT2D eigenvalue weighted by atomic mass is 9.89. The van der Waals surface area contributed by atoms with Crippen molar-refractivity contribution in [2.45, 2.75) is 32.2 Å². The minimum absolute atomic E-state index is 0.270. The van der Waals surface area contributed by atoms with Crippen LogP contribution in [0.4, 0.5) is 0 Å². The van der Waals surface area contributed by atoms with Crippen LogP contribution < -0.4 is 11.1 Å². The first-order valence-corrected chi connectivity index (χ1v) is 10.9. The predicted molar refractivity (Wildman–Crippen MR) is 131 cm³/mol. The van der Waals surface area contributed by atoms with Gasteiger partial charge in [-0.1, -0.05) is 48.6 Å². The molecule has 3 nitrogen and oxygen atoms in total. The Kier molecular flexibility index (Phi) is 5.27. The maximum Gasteiger partial charge on any atom is 0.0873 e. The van der Waals surface area contributed by atoms with Crippen molar-refractivity contribution in [1.29, 1.82) is 0 Å². The van der Waals surface area contributed by atoms with Crippen LogP contribution in [0.2, 0.25) is 0 Å². The number of allylic oxidation sites excluding steroid dienone is 5. The SMILES string of the molecule is Cc1cccc(C2=C(c3ccc4ccc(C5=CCCC(N)C5)cc4c3)C=CC=CN2)n1. The Bertz CT molecular complexity index is 1260. The third kappa shape index (κ3) is 4.10. The number of nitrogens with one attached hydrogen (secondary N) is 1. The molecule has 0 saturated heterocycles. The summed E-state index contributed by atoms with van der Waals surface area (Å²) in [7, 11) is 0. The molecular weight excluding hydrogens is 378 g/mol. The van der Waals surface area contributed by atoms with Gasteiger partial charge in [-0.25, -0.2) is 0 Å². The molecule has 1 atom stereocenters. The lowest BCUT2D eigenvalue weighted by Crippen LogP contribution is -2.22. The third-order valence-electron chi connectivity index (χ3n) is 6.04. The van der Waals surface area contributed by atoms with Crippen LogP contribution in [0.5, 0.6) is 0 Å². The van der Waals surface area contributed by atoms with Gasteiger partial charge in [-0.3, -0.25) is 4.98 Å². The van der Waals surface area contributed by atoms with Crippen molar-refractivity contribution in [3.8, 4) is 0 Å². The Morgan fingerprint density at radius 2 is 1.81 bits per heavy atom. The fourth-order valence-corrected chi connectivity index (χ4v) is 4.42. The number of benzene rings is 2. The lowest BCUT2D eigenvalue weighted by Gasteiger charge is -2.19. The van der Waals surface area contributed by atoms with Gasteiger partial charge in [0, 0.05) is 23.5 Å². The molecule has 154 valence electrons. The van der Waals surface area contributed by atoms with Gasteiger partial charge in [0.15, 0.2) is 0 Å². The zero-order valence-corrected chi connectivity index (χ0v) is 17.8. The molecule has 1 aliphatic carbocycles. The van der Waals surface area contributed by atoms with Crippen molar-refractivity contribution in [2.24, 2.45) is 5.73 Å². The molecule has 3 aromatic rings. The summed E-state index contributed by atoms with van der Waals surface area (Å²) in [5.41, 5.74) is 14.1. The summed E-state index contributed by atoms with van der Waals surface area (Å²) in [5, 5.41) is 5.92. The van der Waals surface area contributed by atoms with Gasteiger partial charge in [0.05, 0.1) is 11.4 Å². The van der Waals surface area contributed by atoms with Crippen molar-refractivity contribution in [3.05, 3.63) is 108 Å². The smallest absolute Gasteiger partial charge is 0.0873 e. The van der Waals surface area contributed by atoms with E-state index in [9.17, 15) is 0 Å². The Hall–Kier alpha value is -3.43. The highest BCUT2D eigenvalue weighted by Crippen LogP contribution is 2.32. The van der Waals surface area contributed by atoms with Gasteiger partial charge in [0.2, 0.25) is 0 Å². The molecule has 0 bridgehead atoms. The molecule has 0 spiro atoms. The van der Waals surface area contributed by atoms with E-state index in [0.717, 1.165) is 41.9 Å². The number of hydrogen-bond acceptors (Lipinski definition) is 3. The van der Waals surface area contributed by atoms with E-state index < -0.39 is 0 Å². The Morgan fingerprint density at radius 3 is 2.65 bits per heavy atom. The Balaban J connectivity index is 1.61. The number of fused-ring (bicyclic) bond motifs is 1. The summed E-state index contributed by atoms with van der Waals surface area (Å²) in [5.74, 6) is 0.